The van der Waals surface area contributed by atoms with Crippen LogP contribution in [0.4, 0.5) is 0 Å². The number of phenolic OH excluding ortho intramolecular Hbond substituents is 2. The van der Waals surface area contributed by atoms with Crippen molar-refractivity contribution < 1.29 is 29.3 Å². The third kappa shape index (κ3) is 2.80. The molecule has 1 heterocycles. The summed E-state index contributed by atoms with van der Waals surface area (Å²) in [5.41, 5.74) is 0.864. The lowest BCUT2D eigenvalue weighted by Crippen LogP contribution is -2.30. The summed E-state index contributed by atoms with van der Waals surface area (Å²) in [6, 6.07) is 7.34. The number of aromatic hydroxyl groups is 2. The number of benzene rings is 2. The van der Waals surface area contributed by atoms with E-state index in [0.717, 1.165) is 11.3 Å². The van der Waals surface area contributed by atoms with Crippen molar-refractivity contribution in [3.63, 3.8) is 0 Å². The lowest BCUT2D eigenvalue weighted by Gasteiger charge is -2.27. The van der Waals surface area contributed by atoms with E-state index in [1.54, 1.807) is 7.11 Å². The maximum Gasteiger partial charge on any atom is 0.177 e. The average molecular weight is 342 g/mol. The van der Waals surface area contributed by atoms with Crippen LogP contribution in [0.1, 0.15) is 31.8 Å². The summed E-state index contributed by atoms with van der Waals surface area (Å²) >= 11 is 0. The minimum Gasteiger partial charge on any atom is -0.507 e. The van der Waals surface area contributed by atoms with E-state index >= 15 is 0 Å². The number of methoxy groups -OCH3 is 1. The van der Waals surface area contributed by atoms with Crippen LogP contribution in [-0.2, 0) is 6.42 Å². The lowest BCUT2D eigenvalue weighted by atomic mass is 9.87. The van der Waals surface area contributed by atoms with Crippen molar-refractivity contribution in [2.75, 3.05) is 13.7 Å². The molecule has 2 aromatic carbocycles. The monoisotopic (exact) mass is 342 g/mol. The molecular weight excluding hydrogens is 324 g/mol. The zero-order valence-corrected chi connectivity index (χ0v) is 13.9. The number of hydrogen-bond donors (Lipinski definition) is 2. The highest BCUT2D eigenvalue weighted by Gasteiger charge is 2.35. The summed E-state index contributed by atoms with van der Waals surface area (Å²) < 4.78 is 10.7. The van der Waals surface area contributed by atoms with Crippen molar-refractivity contribution in [2.24, 2.45) is 5.92 Å². The Morgan fingerprint density at radius 3 is 2.52 bits per heavy atom. The van der Waals surface area contributed by atoms with Gasteiger partial charge in [0, 0.05) is 5.56 Å². The van der Waals surface area contributed by atoms with E-state index in [4.69, 9.17) is 9.47 Å². The van der Waals surface area contributed by atoms with E-state index in [0.29, 0.717) is 12.7 Å². The molecule has 0 aromatic heterocycles. The SMILES string of the molecule is COc1ccc(C[C@H]2COc3c(C)c(O)c(C=O)c(O)c3C2=O)cc1. The summed E-state index contributed by atoms with van der Waals surface area (Å²) in [6.45, 7) is 1.68. The molecule has 2 aromatic rings. The van der Waals surface area contributed by atoms with E-state index in [2.05, 4.69) is 0 Å². The van der Waals surface area contributed by atoms with E-state index in [1.165, 1.54) is 6.92 Å². The smallest absolute Gasteiger partial charge is 0.177 e. The van der Waals surface area contributed by atoms with Crippen molar-refractivity contribution in [3.8, 4) is 23.0 Å². The van der Waals surface area contributed by atoms with Gasteiger partial charge in [0.25, 0.3) is 0 Å². The van der Waals surface area contributed by atoms with Crippen molar-refractivity contribution in [3.05, 3.63) is 46.5 Å². The van der Waals surface area contributed by atoms with Gasteiger partial charge in [-0.3, -0.25) is 9.59 Å². The molecule has 0 saturated carbocycles. The Labute approximate surface area is 144 Å². The van der Waals surface area contributed by atoms with Crippen LogP contribution in [0.2, 0.25) is 0 Å². The highest BCUT2D eigenvalue weighted by molar-refractivity contribution is 6.07. The second-order valence-corrected chi connectivity index (χ2v) is 5.98. The van der Waals surface area contributed by atoms with E-state index < -0.39 is 11.7 Å². The van der Waals surface area contributed by atoms with Gasteiger partial charge in [-0.05, 0) is 31.0 Å². The number of fused-ring (bicyclic) bond motifs is 1. The number of phenols is 2. The van der Waals surface area contributed by atoms with Gasteiger partial charge in [-0.2, -0.15) is 0 Å². The molecule has 0 unspecified atom stereocenters. The molecule has 25 heavy (non-hydrogen) atoms. The van der Waals surface area contributed by atoms with Gasteiger partial charge in [0.05, 0.1) is 25.2 Å². The average Bonchev–Trinajstić information content (AvgIpc) is 2.62. The molecule has 6 heteroatoms. The molecule has 2 N–H and O–H groups in total. The molecule has 0 bridgehead atoms. The van der Waals surface area contributed by atoms with E-state index in [-0.39, 0.29) is 40.6 Å². The predicted molar refractivity (Wildman–Crippen MR) is 89.9 cm³/mol. The van der Waals surface area contributed by atoms with Crippen LogP contribution >= 0.6 is 0 Å². The second kappa shape index (κ2) is 6.47. The Morgan fingerprint density at radius 2 is 1.92 bits per heavy atom. The Balaban J connectivity index is 1.95. The van der Waals surface area contributed by atoms with Gasteiger partial charge >= 0.3 is 0 Å². The zero-order valence-electron chi connectivity index (χ0n) is 13.9. The predicted octanol–water partition coefficient (Wildman–Crippen LogP) is 2.66. The normalized spacial score (nSPS) is 16.1. The highest BCUT2D eigenvalue weighted by atomic mass is 16.5. The minimum absolute atomic E-state index is 0.0397. The first kappa shape index (κ1) is 16.8. The maximum atomic E-state index is 12.8. The first-order chi connectivity index (χ1) is 12.0. The van der Waals surface area contributed by atoms with E-state index in [1.807, 2.05) is 24.3 Å². The zero-order chi connectivity index (χ0) is 18.1. The summed E-state index contributed by atoms with van der Waals surface area (Å²) in [5.74, 6) is -0.836. The molecule has 0 amide bonds. The van der Waals surface area contributed by atoms with Gasteiger partial charge in [0.15, 0.2) is 12.1 Å². The van der Waals surface area contributed by atoms with Crippen molar-refractivity contribution in [1.29, 1.82) is 0 Å². The van der Waals surface area contributed by atoms with Crippen LogP contribution in [0.15, 0.2) is 24.3 Å². The molecule has 0 spiro atoms. The third-order valence-electron chi connectivity index (χ3n) is 4.47. The Hall–Kier alpha value is -3.02. The Morgan fingerprint density at radius 1 is 1.24 bits per heavy atom. The number of ketones is 1. The Kier molecular flexibility index (Phi) is 4.35. The van der Waals surface area contributed by atoms with Crippen LogP contribution < -0.4 is 9.47 Å². The fourth-order valence-corrected chi connectivity index (χ4v) is 3.03. The first-order valence-corrected chi connectivity index (χ1v) is 7.81. The molecule has 130 valence electrons. The molecule has 0 radical (unpaired) electrons. The lowest BCUT2D eigenvalue weighted by molar-refractivity contribution is 0.0824. The molecule has 0 aliphatic carbocycles. The number of carbonyl (C=O) groups excluding carboxylic acids is 2. The van der Waals surface area contributed by atoms with Crippen molar-refractivity contribution in [1.82, 2.24) is 0 Å². The van der Waals surface area contributed by atoms with Gasteiger partial charge in [0.1, 0.15) is 28.6 Å². The number of rotatable bonds is 4. The number of carbonyl (C=O) groups is 2. The molecule has 6 nitrogen and oxygen atoms in total. The summed E-state index contributed by atoms with van der Waals surface area (Å²) in [5, 5.41) is 20.2. The van der Waals surface area contributed by atoms with Gasteiger partial charge < -0.3 is 19.7 Å². The molecule has 0 fully saturated rings. The van der Waals surface area contributed by atoms with Crippen LogP contribution in [0.25, 0.3) is 0 Å². The summed E-state index contributed by atoms with van der Waals surface area (Å²) in [4.78, 5) is 24.0. The summed E-state index contributed by atoms with van der Waals surface area (Å²) in [7, 11) is 1.58. The molecule has 1 atom stereocenters. The second-order valence-electron chi connectivity index (χ2n) is 5.98. The van der Waals surface area contributed by atoms with Gasteiger partial charge in [-0.15, -0.1) is 0 Å². The molecule has 0 saturated heterocycles. The molecule has 1 aliphatic heterocycles. The number of aldehydes is 1. The van der Waals surface area contributed by atoms with Crippen LogP contribution in [0.3, 0.4) is 0 Å². The van der Waals surface area contributed by atoms with E-state index in [9.17, 15) is 19.8 Å². The van der Waals surface area contributed by atoms with Gasteiger partial charge in [-0.1, -0.05) is 12.1 Å². The van der Waals surface area contributed by atoms with Gasteiger partial charge in [0.2, 0.25) is 0 Å². The Bertz CT molecular complexity index is 838. The number of ether oxygens (including phenoxy) is 2. The minimum atomic E-state index is -0.530. The van der Waals surface area contributed by atoms with Gasteiger partial charge in [-0.25, -0.2) is 0 Å². The molecule has 1 aliphatic rings. The quantitative estimate of drug-likeness (QED) is 0.830. The first-order valence-electron chi connectivity index (χ1n) is 7.81. The highest BCUT2D eigenvalue weighted by Crippen LogP contribution is 2.44. The van der Waals surface area contributed by atoms with Crippen LogP contribution in [0.5, 0.6) is 23.0 Å². The fraction of sp³-hybridized carbons (Fsp3) is 0.263. The van der Waals surface area contributed by atoms with Crippen molar-refractivity contribution >= 4 is 12.1 Å². The maximum absolute atomic E-state index is 12.8. The van der Waals surface area contributed by atoms with Crippen molar-refractivity contribution in [2.45, 2.75) is 13.3 Å². The third-order valence-corrected chi connectivity index (χ3v) is 4.47. The largest absolute Gasteiger partial charge is 0.507 e. The van der Waals surface area contributed by atoms with Crippen LogP contribution in [-0.4, -0.2) is 36.0 Å². The summed E-state index contributed by atoms with van der Waals surface area (Å²) in [6.07, 6.45) is 0.760. The number of Topliss-reactive ketones (excluding diaryl/α,β-unsaturated/α-hetero) is 1. The topological polar surface area (TPSA) is 93.1 Å². The standard InChI is InChI=1S/C19H18O6/c1-10-16(21)14(8-20)18(23)15-17(22)12(9-25-19(10)15)7-11-3-5-13(24-2)6-4-11/h3-6,8,12,21,23H,7,9H2,1-2H3/t12-/m0/s1. The number of hydrogen-bond acceptors (Lipinski definition) is 6. The molecular formula is C19H18O6. The fourth-order valence-electron chi connectivity index (χ4n) is 3.03. The van der Waals surface area contributed by atoms with Crippen LogP contribution in [0, 0.1) is 12.8 Å². The molecule has 3 rings (SSSR count).